The molecule has 0 unspecified atom stereocenters. The predicted octanol–water partition coefficient (Wildman–Crippen LogP) is 5.71. The Kier molecular flexibility index (Phi) is 6.49. The summed E-state index contributed by atoms with van der Waals surface area (Å²) in [6, 6.07) is 16.7. The van der Waals surface area contributed by atoms with Crippen molar-refractivity contribution in [3.8, 4) is 11.3 Å². The van der Waals surface area contributed by atoms with Gasteiger partial charge in [-0.15, -0.1) is 10.2 Å². The number of carbonyl (C=O) groups excluding carboxylic acids is 1. The summed E-state index contributed by atoms with van der Waals surface area (Å²) >= 11 is 12.0. The number of carbonyl (C=O) groups is 1. The molecule has 1 aliphatic rings. The summed E-state index contributed by atoms with van der Waals surface area (Å²) < 4.78 is 3.74. The van der Waals surface area contributed by atoms with Crippen LogP contribution in [0.25, 0.3) is 11.3 Å². The van der Waals surface area contributed by atoms with E-state index in [1.165, 1.54) is 0 Å². The Balaban J connectivity index is 1.35. The molecule has 3 heterocycles. The van der Waals surface area contributed by atoms with Crippen LogP contribution in [-0.4, -0.2) is 42.0 Å². The predicted molar refractivity (Wildman–Crippen MR) is 137 cm³/mol. The fourth-order valence-corrected chi connectivity index (χ4v) is 4.67. The zero-order chi connectivity index (χ0) is 24.5. The van der Waals surface area contributed by atoms with Crippen molar-refractivity contribution in [3.05, 3.63) is 81.9 Å². The number of aryl methyl sites for hydroxylation is 2. The highest BCUT2D eigenvalue weighted by Crippen LogP contribution is 2.32. The monoisotopic (exact) mass is 509 g/mol. The number of hydrogen-bond donors (Lipinski definition) is 1. The molecule has 1 aliphatic heterocycles. The van der Waals surface area contributed by atoms with Gasteiger partial charge in [-0.05, 0) is 49.6 Å². The van der Waals surface area contributed by atoms with Gasteiger partial charge in [0.15, 0.2) is 5.82 Å². The molecule has 0 bridgehead atoms. The molecule has 180 valence electrons. The molecule has 1 N–H and O–H groups in total. The third-order valence-electron chi connectivity index (χ3n) is 6.28. The number of amides is 2. The van der Waals surface area contributed by atoms with Gasteiger partial charge in [-0.3, -0.25) is 10.00 Å². The van der Waals surface area contributed by atoms with Crippen LogP contribution in [0.15, 0.2) is 54.6 Å². The molecule has 8 nitrogen and oxygen atoms in total. The molecule has 0 radical (unpaired) electrons. The normalized spacial score (nSPS) is 15.5. The SMILES string of the molecule is Cc1nnc([C@H]2CCCN2C(=O)Nc2cc(-c3ccc(Cl)cc3)nn2C)n1Cc1ccc(Cl)cc1. The molecule has 10 heteroatoms. The molecule has 0 aliphatic carbocycles. The van der Waals surface area contributed by atoms with Gasteiger partial charge in [-0.1, -0.05) is 47.5 Å². The molecule has 2 aromatic carbocycles. The number of nitrogens with one attached hydrogen (secondary N) is 1. The van der Waals surface area contributed by atoms with E-state index in [4.69, 9.17) is 23.2 Å². The van der Waals surface area contributed by atoms with Gasteiger partial charge < -0.3 is 9.47 Å². The van der Waals surface area contributed by atoms with Crippen molar-refractivity contribution in [1.29, 1.82) is 0 Å². The molecule has 0 saturated carbocycles. The fraction of sp³-hybridized carbons (Fsp3) is 0.280. The zero-order valence-corrected chi connectivity index (χ0v) is 21.0. The van der Waals surface area contributed by atoms with Gasteiger partial charge in [-0.2, -0.15) is 5.10 Å². The lowest BCUT2D eigenvalue weighted by Crippen LogP contribution is -2.36. The Morgan fingerprint density at radius 2 is 1.74 bits per heavy atom. The zero-order valence-electron chi connectivity index (χ0n) is 19.4. The highest BCUT2D eigenvalue weighted by Gasteiger charge is 2.34. The van der Waals surface area contributed by atoms with Crippen LogP contribution in [0, 0.1) is 6.92 Å². The minimum atomic E-state index is -0.183. The molecule has 1 atom stereocenters. The maximum atomic E-state index is 13.3. The van der Waals surface area contributed by atoms with Crippen molar-refractivity contribution in [2.24, 2.45) is 7.05 Å². The number of halogens is 2. The van der Waals surface area contributed by atoms with Gasteiger partial charge in [0.05, 0.1) is 18.3 Å². The van der Waals surface area contributed by atoms with Gasteiger partial charge in [0.2, 0.25) is 0 Å². The lowest BCUT2D eigenvalue weighted by atomic mass is 10.1. The van der Waals surface area contributed by atoms with Crippen LogP contribution in [-0.2, 0) is 13.6 Å². The first-order valence-corrected chi connectivity index (χ1v) is 12.2. The Hall–Kier alpha value is -3.36. The smallest absolute Gasteiger partial charge is 0.314 e. The Morgan fingerprint density at radius 3 is 2.46 bits per heavy atom. The molecule has 35 heavy (non-hydrogen) atoms. The van der Waals surface area contributed by atoms with Gasteiger partial charge in [0.1, 0.15) is 11.6 Å². The first-order chi connectivity index (χ1) is 16.9. The van der Waals surface area contributed by atoms with E-state index < -0.39 is 0 Å². The number of urea groups is 1. The summed E-state index contributed by atoms with van der Waals surface area (Å²) in [4.78, 5) is 15.2. The maximum absolute atomic E-state index is 13.3. The number of anilines is 1. The van der Waals surface area contributed by atoms with Crippen LogP contribution >= 0.6 is 23.2 Å². The van der Waals surface area contributed by atoms with Gasteiger partial charge in [-0.25, -0.2) is 4.79 Å². The molecule has 2 amide bonds. The summed E-state index contributed by atoms with van der Waals surface area (Å²) in [6.45, 7) is 3.19. The molecular weight excluding hydrogens is 485 g/mol. The summed E-state index contributed by atoms with van der Waals surface area (Å²) in [7, 11) is 1.81. The van der Waals surface area contributed by atoms with E-state index in [-0.39, 0.29) is 12.1 Å². The highest BCUT2D eigenvalue weighted by atomic mass is 35.5. The van der Waals surface area contributed by atoms with E-state index in [0.717, 1.165) is 41.3 Å². The molecule has 0 spiro atoms. The second-order valence-electron chi connectivity index (χ2n) is 8.64. The molecule has 5 rings (SSSR count). The second-order valence-corrected chi connectivity index (χ2v) is 9.52. The minimum absolute atomic E-state index is 0.160. The van der Waals surface area contributed by atoms with Crippen molar-refractivity contribution >= 4 is 35.1 Å². The Bertz CT molecular complexity index is 1350. The molecule has 1 fully saturated rings. The average Bonchev–Trinajstić information content (AvgIpc) is 3.55. The summed E-state index contributed by atoms with van der Waals surface area (Å²) in [5.41, 5.74) is 2.78. The van der Waals surface area contributed by atoms with Gasteiger partial charge >= 0.3 is 6.03 Å². The molecule has 1 saturated heterocycles. The number of hydrogen-bond acceptors (Lipinski definition) is 4. The lowest BCUT2D eigenvalue weighted by molar-refractivity contribution is 0.203. The number of nitrogens with zero attached hydrogens (tertiary/aromatic N) is 6. The summed E-state index contributed by atoms with van der Waals surface area (Å²) in [6.07, 6.45) is 1.72. The van der Waals surface area contributed by atoms with E-state index in [9.17, 15) is 4.79 Å². The number of rotatable bonds is 5. The second kappa shape index (κ2) is 9.71. The largest absolute Gasteiger partial charge is 0.323 e. The fourth-order valence-electron chi connectivity index (χ4n) is 4.42. The van der Waals surface area contributed by atoms with Crippen molar-refractivity contribution in [3.63, 3.8) is 0 Å². The van der Waals surface area contributed by atoms with E-state index in [0.29, 0.717) is 29.0 Å². The topological polar surface area (TPSA) is 80.9 Å². The van der Waals surface area contributed by atoms with E-state index in [2.05, 4.69) is 25.2 Å². The first kappa shape index (κ1) is 23.4. The van der Waals surface area contributed by atoms with Crippen LogP contribution in [0.1, 0.15) is 36.1 Å². The highest BCUT2D eigenvalue weighted by molar-refractivity contribution is 6.30. The Morgan fingerprint density at radius 1 is 1.06 bits per heavy atom. The Labute approximate surface area is 213 Å². The van der Waals surface area contributed by atoms with Crippen LogP contribution in [0.2, 0.25) is 10.0 Å². The van der Waals surface area contributed by atoms with E-state index in [1.54, 1.807) is 4.68 Å². The molecular formula is C25H25Cl2N7O. The van der Waals surface area contributed by atoms with Crippen LogP contribution in [0.5, 0.6) is 0 Å². The van der Waals surface area contributed by atoms with Gasteiger partial charge in [0, 0.05) is 35.3 Å². The minimum Gasteiger partial charge on any atom is -0.314 e. The number of aromatic nitrogens is 5. The van der Waals surface area contributed by atoms with E-state index >= 15 is 0 Å². The number of likely N-dealkylation sites (tertiary alicyclic amines) is 1. The summed E-state index contributed by atoms with van der Waals surface area (Å²) in [5, 5.41) is 17.7. The maximum Gasteiger partial charge on any atom is 0.323 e. The number of benzene rings is 2. The van der Waals surface area contributed by atoms with Crippen LogP contribution in [0.4, 0.5) is 10.6 Å². The van der Waals surface area contributed by atoms with Crippen molar-refractivity contribution < 1.29 is 4.79 Å². The third kappa shape index (κ3) is 4.90. The standard InChI is InChI=1S/C25H25Cl2N7O/c1-16-29-30-24(34(16)15-17-5-9-19(26)10-6-17)22-4-3-13-33(22)25(35)28-23-14-21(31-32(23)2)18-7-11-20(27)12-8-18/h5-12,14,22H,3-4,13,15H2,1-2H3,(H,28,35)/t22-/m1/s1. The third-order valence-corrected chi connectivity index (χ3v) is 6.79. The van der Waals surface area contributed by atoms with Gasteiger partial charge in [0.25, 0.3) is 0 Å². The van der Waals surface area contributed by atoms with Crippen molar-refractivity contribution in [1.82, 2.24) is 29.4 Å². The van der Waals surface area contributed by atoms with Crippen LogP contribution in [0.3, 0.4) is 0 Å². The quantitative estimate of drug-likeness (QED) is 0.373. The molecule has 2 aromatic heterocycles. The van der Waals surface area contributed by atoms with E-state index in [1.807, 2.05) is 73.5 Å². The lowest BCUT2D eigenvalue weighted by Gasteiger charge is -2.25. The molecule has 4 aromatic rings. The van der Waals surface area contributed by atoms with Crippen molar-refractivity contribution in [2.45, 2.75) is 32.4 Å². The van der Waals surface area contributed by atoms with Crippen molar-refractivity contribution in [2.75, 3.05) is 11.9 Å². The first-order valence-electron chi connectivity index (χ1n) is 11.4. The van der Waals surface area contributed by atoms with Crippen LogP contribution < -0.4 is 5.32 Å². The summed E-state index contributed by atoms with van der Waals surface area (Å²) in [5.74, 6) is 2.21. The average molecular weight is 510 g/mol.